The van der Waals surface area contributed by atoms with Crippen LogP contribution >= 0.6 is 0 Å². The fraction of sp³-hybridized carbons (Fsp3) is 0.364. The summed E-state index contributed by atoms with van der Waals surface area (Å²) in [6, 6.07) is 5.63. The molecule has 92 valence electrons. The molecule has 0 spiro atoms. The van der Waals surface area contributed by atoms with Gasteiger partial charge in [0, 0.05) is 18.2 Å². The second-order valence-electron chi connectivity index (χ2n) is 3.76. The van der Waals surface area contributed by atoms with E-state index in [0.29, 0.717) is 5.75 Å². The lowest BCUT2D eigenvalue weighted by Crippen LogP contribution is -2.34. The van der Waals surface area contributed by atoms with Crippen molar-refractivity contribution in [3.63, 3.8) is 0 Å². The number of nitro groups is 1. The number of rotatable bonds is 5. The lowest BCUT2D eigenvalue weighted by atomic mass is 10.3. The number of hydrogen-bond acceptors (Lipinski definition) is 4. The smallest absolute Gasteiger partial charge is 0.269 e. The number of nitrogens with one attached hydrogen (secondary N) is 1. The Morgan fingerprint density at radius 2 is 2.00 bits per heavy atom. The van der Waals surface area contributed by atoms with Gasteiger partial charge < -0.3 is 10.1 Å². The third-order valence-corrected chi connectivity index (χ3v) is 1.87. The minimum atomic E-state index is -0.491. The van der Waals surface area contributed by atoms with Crippen LogP contribution in [-0.4, -0.2) is 23.5 Å². The van der Waals surface area contributed by atoms with Gasteiger partial charge in [0.15, 0.2) is 6.61 Å². The molecule has 6 heteroatoms. The van der Waals surface area contributed by atoms with E-state index in [1.807, 2.05) is 13.8 Å². The number of nitro benzene ring substituents is 1. The summed E-state index contributed by atoms with van der Waals surface area (Å²) in [5.41, 5.74) is -0.0102. The highest BCUT2D eigenvalue weighted by molar-refractivity contribution is 5.77. The summed E-state index contributed by atoms with van der Waals surface area (Å²) in [7, 11) is 0. The molecule has 0 unspecified atom stereocenters. The molecule has 0 aliphatic heterocycles. The first kappa shape index (κ1) is 13.0. The molecule has 17 heavy (non-hydrogen) atoms. The summed E-state index contributed by atoms with van der Waals surface area (Å²) in [5, 5.41) is 13.1. The Kier molecular flexibility index (Phi) is 4.45. The number of amides is 1. The monoisotopic (exact) mass is 238 g/mol. The number of nitrogens with zero attached hydrogens (tertiary/aromatic N) is 1. The van der Waals surface area contributed by atoms with Crippen LogP contribution in [0.25, 0.3) is 0 Å². The predicted molar refractivity (Wildman–Crippen MR) is 61.9 cm³/mol. The van der Waals surface area contributed by atoms with Crippen LogP contribution in [0.3, 0.4) is 0 Å². The minimum absolute atomic E-state index is 0.0102. The van der Waals surface area contributed by atoms with Gasteiger partial charge in [0.05, 0.1) is 4.92 Å². The minimum Gasteiger partial charge on any atom is -0.484 e. The van der Waals surface area contributed by atoms with Gasteiger partial charge in [0.1, 0.15) is 5.75 Å². The van der Waals surface area contributed by atoms with Crippen LogP contribution in [0.1, 0.15) is 13.8 Å². The van der Waals surface area contributed by atoms with Crippen LogP contribution in [0.5, 0.6) is 5.75 Å². The Morgan fingerprint density at radius 1 is 1.41 bits per heavy atom. The van der Waals surface area contributed by atoms with Gasteiger partial charge in [-0.05, 0) is 26.0 Å². The number of benzene rings is 1. The predicted octanol–water partition coefficient (Wildman–Crippen LogP) is 1.50. The molecular formula is C11H14N2O4. The Bertz CT molecular complexity index is 400. The molecule has 0 saturated carbocycles. The van der Waals surface area contributed by atoms with Gasteiger partial charge in [0.2, 0.25) is 0 Å². The van der Waals surface area contributed by atoms with Crippen molar-refractivity contribution in [3.8, 4) is 5.75 Å². The van der Waals surface area contributed by atoms with E-state index in [-0.39, 0.29) is 24.2 Å². The number of hydrogen-bond donors (Lipinski definition) is 1. The topological polar surface area (TPSA) is 81.5 Å². The largest absolute Gasteiger partial charge is 0.484 e. The van der Waals surface area contributed by atoms with Gasteiger partial charge in [-0.25, -0.2) is 0 Å². The number of carbonyl (C=O) groups is 1. The molecular weight excluding hydrogens is 224 g/mol. The quantitative estimate of drug-likeness (QED) is 0.622. The summed E-state index contributed by atoms with van der Waals surface area (Å²) < 4.78 is 5.17. The first-order valence-corrected chi connectivity index (χ1v) is 5.15. The van der Waals surface area contributed by atoms with Gasteiger partial charge in [-0.3, -0.25) is 14.9 Å². The number of ether oxygens (including phenoxy) is 1. The number of carbonyl (C=O) groups excluding carboxylic acids is 1. The van der Waals surface area contributed by atoms with Crippen molar-refractivity contribution in [2.24, 2.45) is 0 Å². The van der Waals surface area contributed by atoms with E-state index >= 15 is 0 Å². The SMILES string of the molecule is CC(C)NC(=O)COc1ccc([N+](=O)[O-])cc1. The molecule has 0 heterocycles. The zero-order chi connectivity index (χ0) is 12.8. The van der Waals surface area contributed by atoms with E-state index in [1.165, 1.54) is 24.3 Å². The van der Waals surface area contributed by atoms with E-state index in [4.69, 9.17) is 4.74 Å². The van der Waals surface area contributed by atoms with E-state index in [2.05, 4.69) is 5.32 Å². The normalized spacial score (nSPS) is 10.1. The average molecular weight is 238 g/mol. The molecule has 6 nitrogen and oxygen atoms in total. The first-order chi connectivity index (χ1) is 7.99. The highest BCUT2D eigenvalue weighted by atomic mass is 16.6. The van der Waals surface area contributed by atoms with Crippen molar-refractivity contribution < 1.29 is 14.5 Å². The van der Waals surface area contributed by atoms with Gasteiger partial charge >= 0.3 is 0 Å². The fourth-order valence-electron chi connectivity index (χ4n) is 1.18. The Balaban J connectivity index is 2.47. The van der Waals surface area contributed by atoms with Crippen LogP contribution in [0, 0.1) is 10.1 Å². The van der Waals surface area contributed by atoms with E-state index < -0.39 is 4.92 Å². The lowest BCUT2D eigenvalue weighted by Gasteiger charge is -2.09. The van der Waals surface area contributed by atoms with Crippen molar-refractivity contribution in [2.75, 3.05) is 6.61 Å². The molecule has 1 N–H and O–H groups in total. The molecule has 0 bridgehead atoms. The zero-order valence-corrected chi connectivity index (χ0v) is 9.67. The van der Waals surface area contributed by atoms with Crippen LogP contribution in [0.2, 0.25) is 0 Å². The van der Waals surface area contributed by atoms with Crippen molar-refractivity contribution in [3.05, 3.63) is 34.4 Å². The molecule has 0 fully saturated rings. The van der Waals surface area contributed by atoms with Gasteiger partial charge in [0.25, 0.3) is 11.6 Å². The fourth-order valence-corrected chi connectivity index (χ4v) is 1.18. The third kappa shape index (κ3) is 4.50. The summed E-state index contributed by atoms with van der Waals surface area (Å²) in [4.78, 5) is 21.2. The zero-order valence-electron chi connectivity index (χ0n) is 9.67. The molecule has 0 atom stereocenters. The number of non-ortho nitro benzene ring substituents is 1. The molecule has 0 radical (unpaired) electrons. The van der Waals surface area contributed by atoms with Crippen molar-refractivity contribution in [1.29, 1.82) is 0 Å². The molecule has 0 saturated heterocycles. The van der Waals surface area contributed by atoms with Gasteiger partial charge in [-0.15, -0.1) is 0 Å². The highest BCUT2D eigenvalue weighted by Crippen LogP contribution is 2.16. The maximum Gasteiger partial charge on any atom is 0.269 e. The van der Waals surface area contributed by atoms with Gasteiger partial charge in [-0.1, -0.05) is 0 Å². The second-order valence-corrected chi connectivity index (χ2v) is 3.76. The summed E-state index contributed by atoms with van der Waals surface area (Å²) >= 11 is 0. The first-order valence-electron chi connectivity index (χ1n) is 5.15. The van der Waals surface area contributed by atoms with Crippen LogP contribution in [0.4, 0.5) is 5.69 Å². The standard InChI is InChI=1S/C11H14N2O4/c1-8(2)12-11(14)7-17-10-5-3-9(4-6-10)13(15)16/h3-6,8H,7H2,1-2H3,(H,12,14). The van der Waals surface area contributed by atoms with E-state index in [0.717, 1.165) is 0 Å². The molecule has 1 aromatic carbocycles. The third-order valence-electron chi connectivity index (χ3n) is 1.87. The Morgan fingerprint density at radius 3 is 2.47 bits per heavy atom. The Labute approximate surface area is 98.7 Å². The average Bonchev–Trinajstić information content (AvgIpc) is 2.26. The molecule has 1 rings (SSSR count). The molecule has 0 aliphatic rings. The maximum atomic E-state index is 11.3. The van der Waals surface area contributed by atoms with Crippen molar-refractivity contribution in [2.45, 2.75) is 19.9 Å². The summed E-state index contributed by atoms with van der Waals surface area (Å²) in [6.45, 7) is 3.60. The molecule has 1 aromatic rings. The van der Waals surface area contributed by atoms with E-state index in [9.17, 15) is 14.9 Å². The highest BCUT2D eigenvalue weighted by Gasteiger charge is 2.06. The molecule has 0 aromatic heterocycles. The van der Waals surface area contributed by atoms with Crippen LogP contribution in [0.15, 0.2) is 24.3 Å². The summed E-state index contributed by atoms with van der Waals surface area (Å²) in [5.74, 6) is 0.202. The molecule has 0 aliphatic carbocycles. The van der Waals surface area contributed by atoms with Crippen LogP contribution in [-0.2, 0) is 4.79 Å². The lowest BCUT2D eigenvalue weighted by molar-refractivity contribution is -0.384. The summed E-state index contributed by atoms with van der Waals surface area (Å²) in [6.07, 6.45) is 0. The molecule has 1 amide bonds. The second kappa shape index (κ2) is 5.83. The van der Waals surface area contributed by atoms with E-state index in [1.54, 1.807) is 0 Å². The van der Waals surface area contributed by atoms with Crippen molar-refractivity contribution >= 4 is 11.6 Å². The maximum absolute atomic E-state index is 11.3. The van der Waals surface area contributed by atoms with Crippen molar-refractivity contribution in [1.82, 2.24) is 5.32 Å². The van der Waals surface area contributed by atoms with Crippen LogP contribution < -0.4 is 10.1 Å². The van der Waals surface area contributed by atoms with Gasteiger partial charge in [-0.2, -0.15) is 0 Å². The Hall–Kier alpha value is -2.11.